The maximum Gasteiger partial charge on any atom is 0.213 e. The molecule has 1 atom stereocenters. The van der Waals surface area contributed by atoms with Gasteiger partial charge in [-0.05, 0) is 48.2 Å². The first-order valence-corrected chi connectivity index (χ1v) is 11.0. The normalized spacial score (nSPS) is 17.0. The number of pyridine rings is 2. The van der Waals surface area contributed by atoms with Gasteiger partial charge in [0.05, 0.1) is 37.4 Å². The SMILES string of the molecule is COc1cccc(-c2cc3c(c(Nc4ccc(N5CCOCC5)c(F)c4)n2)C(C=O)NC=C3)n1. The van der Waals surface area contributed by atoms with Crippen LogP contribution in [-0.2, 0) is 9.53 Å². The lowest BCUT2D eigenvalue weighted by Gasteiger charge is -2.29. The molecule has 3 aromatic rings. The van der Waals surface area contributed by atoms with Crippen LogP contribution in [0.5, 0.6) is 5.88 Å². The van der Waals surface area contributed by atoms with E-state index in [-0.39, 0.29) is 5.82 Å². The first-order chi connectivity index (χ1) is 16.7. The van der Waals surface area contributed by atoms with E-state index in [0.717, 1.165) is 11.8 Å². The molecule has 2 aromatic heterocycles. The van der Waals surface area contributed by atoms with E-state index < -0.39 is 6.04 Å². The zero-order chi connectivity index (χ0) is 23.5. The average molecular weight is 461 g/mol. The summed E-state index contributed by atoms with van der Waals surface area (Å²) in [5.74, 6) is 0.580. The van der Waals surface area contributed by atoms with Gasteiger partial charge in [-0.2, -0.15) is 0 Å². The largest absolute Gasteiger partial charge is 0.481 e. The third-order valence-electron chi connectivity index (χ3n) is 5.83. The maximum absolute atomic E-state index is 15.0. The molecule has 2 aliphatic rings. The number of carbonyl (C=O) groups is 1. The highest BCUT2D eigenvalue weighted by Crippen LogP contribution is 2.34. The van der Waals surface area contributed by atoms with Crippen molar-refractivity contribution in [2.45, 2.75) is 6.04 Å². The molecule has 0 radical (unpaired) electrons. The van der Waals surface area contributed by atoms with Gasteiger partial charge in [0.1, 0.15) is 24.0 Å². The quantitative estimate of drug-likeness (QED) is 0.538. The maximum atomic E-state index is 15.0. The molecule has 1 aromatic carbocycles. The number of rotatable bonds is 6. The van der Waals surface area contributed by atoms with Crippen molar-refractivity contribution in [2.75, 3.05) is 43.6 Å². The molecule has 2 N–H and O–H groups in total. The van der Waals surface area contributed by atoms with E-state index in [2.05, 4.69) is 15.6 Å². The number of fused-ring (bicyclic) bond motifs is 1. The lowest BCUT2D eigenvalue weighted by Crippen LogP contribution is -2.36. The molecule has 174 valence electrons. The van der Waals surface area contributed by atoms with Crippen LogP contribution in [0.2, 0.25) is 0 Å². The van der Waals surface area contributed by atoms with Gasteiger partial charge in [0.25, 0.3) is 0 Å². The van der Waals surface area contributed by atoms with Crippen molar-refractivity contribution in [3.8, 4) is 17.3 Å². The highest BCUT2D eigenvalue weighted by molar-refractivity contribution is 5.79. The molecule has 9 heteroatoms. The lowest BCUT2D eigenvalue weighted by molar-refractivity contribution is -0.109. The third-order valence-corrected chi connectivity index (χ3v) is 5.83. The number of benzene rings is 1. The molecule has 1 fully saturated rings. The number of ether oxygens (including phenoxy) is 2. The first-order valence-electron chi connectivity index (χ1n) is 11.0. The van der Waals surface area contributed by atoms with E-state index in [4.69, 9.17) is 14.5 Å². The summed E-state index contributed by atoms with van der Waals surface area (Å²) < 4.78 is 25.6. The Balaban J connectivity index is 1.54. The molecule has 0 saturated carbocycles. The van der Waals surface area contributed by atoms with Gasteiger partial charge < -0.3 is 29.8 Å². The summed E-state index contributed by atoms with van der Waals surface area (Å²) in [6.45, 7) is 2.45. The summed E-state index contributed by atoms with van der Waals surface area (Å²) in [5.41, 5.74) is 3.78. The lowest BCUT2D eigenvalue weighted by atomic mass is 9.97. The second-order valence-electron chi connectivity index (χ2n) is 7.93. The van der Waals surface area contributed by atoms with Crippen molar-refractivity contribution in [1.29, 1.82) is 0 Å². The van der Waals surface area contributed by atoms with E-state index in [1.54, 1.807) is 31.5 Å². The van der Waals surface area contributed by atoms with E-state index in [1.807, 2.05) is 29.2 Å². The molecule has 0 spiro atoms. The van der Waals surface area contributed by atoms with E-state index >= 15 is 4.39 Å². The number of hydrogen-bond donors (Lipinski definition) is 2. The summed E-state index contributed by atoms with van der Waals surface area (Å²) in [6, 6.07) is 11.7. The number of nitrogens with one attached hydrogen (secondary N) is 2. The predicted octanol–water partition coefficient (Wildman–Crippen LogP) is 3.69. The molecule has 0 amide bonds. The topological polar surface area (TPSA) is 88.6 Å². The van der Waals surface area contributed by atoms with Crippen LogP contribution in [0.25, 0.3) is 17.5 Å². The van der Waals surface area contributed by atoms with Crippen molar-refractivity contribution in [3.63, 3.8) is 0 Å². The van der Waals surface area contributed by atoms with E-state index in [1.165, 1.54) is 6.07 Å². The Kier molecular flexibility index (Phi) is 6.09. The third kappa shape index (κ3) is 4.29. The Bertz CT molecular complexity index is 1240. The Morgan fingerprint density at radius 3 is 2.79 bits per heavy atom. The summed E-state index contributed by atoms with van der Waals surface area (Å²) in [5, 5.41) is 6.26. The molecule has 34 heavy (non-hydrogen) atoms. The summed E-state index contributed by atoms with van der Waals surface area (Å²) in [6.07, 6.45) is 4.42. The second kappa shape index (κ2) is 9.48. The minimum absolute atomic E-state index is 0.337. The molecule has 0 bridgehead atoms. The van der Waals surface area contributed by atoms with Gasteiger partial charge in [-0.15, -0.1) is 0 Å². The van der Waals surface area contributed by atoms with Crippen molar-refractivity contribution in [1.82, 2.24) is 15.3 Å². The van der Waals surface area contributed by atoms with E-state index in [9.17, 15) is 4.79 Å². The Hall–Kier alpha value is -3.98. The molecular formula is C25H24FN5O3. The highest BCUT2D eigenvalue weighted by atomic mass is 19.1. The fourth-order valence-electron chi connectivity index (χ4n) is 4.15. The van der Waals surface area contributed by atoms with Gasteiger partial charge in [-0.25, -0.2) is 14.4 Å². The number of morpholine rings is 1. The van der Waals surface area contributed by atoms with Crippen LogP contribution in [0.4, 0.5) is 21.6 Å². The fraction of sp³-hybridized carbons (Fsp3) is 0.240. The van der Waals surface area contributed by atoms with Gasteiger partial charge in [0.2, 0.25) is 5.88 Å². The Morgan fingerprint density at radius 2 is 2.03 bits per heavy atom. The van der Waals surface area contributed by atoms with Crippen LogP contribution in [0.15, 0.2) is 48.7 Å². The number of nitrogens with zero attached hydrogens (tertiary/aromatic N) is 3. The summed E-state index contributed by atoms with van der Waals surface area (Å²) in [7, 11) is 1.55. The van der Waals surface area contributed by atoms with Crippen molar-refractivity contribution >= 4 is 29.6 Å². The Labute approximate surface area is 196 Å². The minimum Gasteiger partial charge on any atom is -0.481 e. The van der Waals surface area contributed by atoms with Crippen LogP contribution in [0, 0.1) is 5.82 Å². The standard InChI is InChI=1S/C25H24FN5O3/c1-33-23-4-2-3-19(29-23)20-13-16-7-8-27-21(15-32)24(16)25(30-20)28-17-5-6-22(18(26)14-17)31-9-11-34-12-10-31/h2-8,13-15,21,27H,9-12H2,1H3,(H,28,30). The van der Waals surface area contributed by atoms with Crippen molar-refractivity contribution < 1.29 is 18.7 Å². The number of anilines is 3. The molecular weight excluding hydrogens is 437 g/mol. The number of halogens is 1. The molecule has 5 rings (SSSR count). The zero-order valence-corrected chi connectivity index (χ0v) is 18.6. The number of aromatic nitrogens is 2. The molecule has 8 nitrogen and oxygen atoms in total. The Morgan fingerprint density at radius 1 is 1.18 bits per heavy atom. The zero-order valence-electron chi connectivity index (χ0n) is 18.6. The number of aldehydes is 1. The fourth-order valence-corrected chi connectivity index (χ4v) is 4.15. The molecule has 0 aliphatic carbocycles. The van der Waals surface area contributed by atoms with Crippen LogP contribution >= 0.6 is 0 Å². The number of methoxy groups -OCH3 is 1. The monoisotopic (exact) mass is 461 g/mol. The van der Waals surface area contributed by atoms with E-state index in [0.29, 0.717) is 66.3 Å². The van der Waals surface area contributed by atoms with Crippen molar-refractivity contribution in [3.05, 3.63) is 65.6 Å². The van der Waals surface area contributed by atoms with Crippen LogP contribution in [0.1, 0.15) is 17.2 Å². The predicted molar refractivity (Wildman–Crippen MR) is 128 cm³/mol. The second-order valence-corrected chi connectivity index (χ2v) is 7.93. The molecule has 1 saturated heterocycles. The van der Waals surface area contributed by atoms with Gasteiger partial charge in [-0.1, -0.05) is 6.07 Å². The number of hydrogen-bond acceptors (Lipinski definition) is 8. The van der Waals surface area contributed by atoms with Gasteiger partial charge in [0.15, 0.2) is 0 Å². The molecule has 4 heterocycles. The van der Waals surface area contributed by atoms with Crippen molar-refractivity contribution in [2.24, 2.45) is 0 Å². The summed E-state index contributed by atoms with van der Waals surface area (Å²) >= 11 is 0. The van der Waals surface area contributed by atoms with Crippen LogP contribution < -0.4 is 20.3 Å². The van der Waals surface area contributed by atoms with Crippen LogP contribution in [0.3, 0.4) is 0 Å². The average Bonchev–Trinajstić information content (AvgIpc) is 2.88. The van der Waals surface area contributed by atoms with Gasteiger partial charge >= 0.3 is 0 Å². The van der Waals surface area contributed by atoms with Gasteiger partial charge in [0, 0.05) is 30.4 Å². The molecule has 1 unspecified atom stereocenters. The first kappa shape index (κ1) is 21.8. The molecule has 2 aliphatic heterocycles. The van der Waals surface area contributed by atoms with Gasteiger partial charge in [-0.3, -0.25) is 0 Å². The number of carbonyl (C=O) groups excluding carboxylic acids is 1. The van der Waals surface area contributed by atoms with Crippen LogP contribution in [-0.4, -0.2) is 49.7 Å². The summed E-state index contributed by atoms with van der Waals surface area (Å²) in [4.78, 5) is 23.0. The highest BCUT2D eigenvalue weighted by Gasteiger charge is 2.24. The minimum atomic E-state index is -0.584. The smallest absolute Gasteiger partial charge is 0.213 e.